The summed E-state index contributed by atoms with van der Waals surface area (Å²) in [6.45, 7) is 6.34. The molecule has 10 heteroatoms. The molecule has 164 valence electrons. The Bertz CT molecular complexity index is 1200. The van der Waals surface area contributed by atoms with Crippen LogP contribution in [0.5, 0.6) is 0 Å². The summed E-state index contributed by atoms with van der Waals surface area (Å²) in [4.78, 5) is 17.9. The Balaban J connectivity index is 1.74. The number of carbonyl (C=O) groups excluding carboxylic acids is 1. The van der Waals surface area contributed by atoms with Crippen LogP contribution in [0.2, 0.25) is 0 Å². The fourth-order valence-corrected chi connectivity index (χ4v) is 4.84. The van der Waals surface area contributed by atoms with Crippen molar-refractivity contribution < 1.29 is 22.7 Å². The van der Waals surface area contributed by atoms with Crippen LogP contribution >= 0.6 is 11.3 Å². The average molecular weight is 450 g/mol. The number of halogens is 3. The predicted molar refractivity (Wildman–Crippen MR) is 110 cm³/mol. The molecular weight excluding hydrogens is 429 g/mol. The van der Waals surface area contributed by atoms with Crippen molar-refractivity contribution in [3.63, 3.8) is 0 Å². The number of aromatic nitrogens is 3. The zero-order valence-corrected chi connectivity index (χ0v) is 18.1. The summed E-state index contributed by atoms with van der Waals surface area (Å²) < 4.78 is 48.7. The number of fused-ring (bicyclic) bond motifs is 1. The molecule has 0 saturated carbocycles. The van der Waals surface area contributed by atoms with E-state index in [-0.39, 0.29) is 18.0 Å². The summed E-state index contributed by atoms with van der Waals surface area (Å²) in [5, 5.41) is 3.85. The van der Waals surface area contributed by atoms with Gasteiger partial charge in [0.2, 0.25) is 0 Å². The van der Waals surface area contributed by atoms with Crippen molar-refractivity contribution in [2.45, 2.75) is 46.5 Å². The zero-order valence-electron chi connectivity index (χ0n) is 17.3. The van der Waals surface area contributed by atoms with E-state index in [4.69, 9.17) is 4.74 Å². The van der Waals surface area contributed by atoms with Gasteiger partial charge in [-0.1, -0.05) is 11.3 Å². The van der Waals surface area contributed by atoms with E-state index in [0.717, 1.165) is 5.69 Å². The molecule has 6 nitrogen and oxygen atoms in total. The van der Waals surface area contributed by atoms with Gasteiger partial charge in [-0.05, 0) is 38.1 Å². The smallest absolute Gasteiger partial charge is 0.376 e. The van der Waals surface area contributed by atoms with Gasteiger partial charge in [-0.25, -0.2) is 9.67 Å². The number of hydrogen-bond donors (Lipinski definition) is 0. The lowest BCUT2D eigenvalue weighted by Crippen LogP contribution is -2.15. The summed E-state index contributed by atoms with van der Waals surface area (Å²) in [7, 11) is 0. The van der Waals surface area contributed by atoms with Gasteiger partial charge < -0.3 is 9.30 Å². The Labute approximate surface area is 180 Å². The first-order valence-electron chi connectivity index (χ1n) is 9.82. The molecule has 0 unspecified atom stereocenters. The number of carbonyl (C=O) groups is 1. The molecule has 1 aliphatic heterocycles. The van der Waals surface area contributed by atoms with Crippen LogP contribution in [0, 0.1) is 6.92 Å². The minimum absolute atomic E-state index is 0.00518. The van der Waals surface area contributed by atoms with E-state index in [9.17, 15) is 18.0 Å². The lowest BCUT2D eigenvalue weighted by molar-refractivity contribution is -0.142. The molecule has 0 bridgehead atoms. The summed E-state index contributed by atoms with van der Waals surface area (Å²) >= 11 is 1.33. The summed E-state index contributed by atoms with van der Waals surface area (Å²) in [5.41, 5.74) is 1.77. The second kappa shape index (κ2) is 8.08. The number of alkyl halides is 3. The zero-order chi connectivity index (χ0) is 22.3. The van der Waals surface area contributed by atoms with E-state index in [2.05, 4.69) is 10.1 Å². The number of hydrogen-bond acceptors (Lipinski definition) is 5. The molecule has 0 N–H and O–H groups in total. The van der Waals surface area contributed by atoms with Crippen LogP contribution in [0.1, 0.15) is 46.2 Å². The normalized spacial score (nSPS) is 14.7. The van der Waals surface area contributed by atoms with E-state index in [1.165, 1.54) is 22.9 Å². The Morgan fingerprint density at radius 2 is 2.00 bits per heavy atom. The summed E-state index contributed by atoms with van der Waals surface area (Å²) in [5.74, 6) is -0.00518. The van der Waals surface area contributed by atoms with Gasteiger partial charge in [-0.2, -0.15) is 18.3 Å². The molecule has 3 heterocycles. The van der Waals surface area contributed by atoms with Gasteiger partial charge in [0, 0.05) is 31.1 Å². The van der Waals surface area contributed by atoms with Crippen LogP contribution in [0.3, 0.4) is 0 Å². The molecule has 4 rings (SSSR count). The van der Waals surface area contributed by atoms with E-state index in [1.807, 2.05) is 18.4 Å². The number of thiazole rings is 1. The van der Waals surface area contributed by atoms with Crippen LogP contribution in [0.15, 0.2) is 29.3 Å². The molecule has 0 fully saturated rings. The Morgan fingerprint density at radius 3 is 2.61 bits per heavy atom. The van der Waals surface area contributed by atoms with E-state index < -0.39 is 11.9 Å². The van der Waals surface area contributed by atoms with Crippen LogP contribution < -0.4 is 4.80 Å². The van der Waals surface area contributed by atoms with Crippen molar-refractivity contribution in [2.24, 2.45) is 4.99 Å². The quantitative estimate of drug-likeness (QED) is 0.547. The molecule has 1 aliphatic rings. The molecule has 0 saturated heterocycles. The highest BCUT2D eigenvalue weighted by Crippen LogP contribution is 2.35. The maximum absolute atomic E-state index is 13.4. The Hall–Kier alpha value is -2.72. The number of ether oxygens (including phenoxy) is 1. The Morgan fingerprint density at radius 1 is 1.29 bits per heavy atom. The molecule has 31 heavy (non-hydrogen) atoms. The van der Waals surface area contributed by atoms with Crippen molar-refractivity contribution in [1.29, 1.82) is 0 Å². The maximum atomic E-state index is 13.4. The number of nitrogens with zero attached hydrogens (tertiary/aromatic N) is 4. The minimum Gasteiger partial charge on any atom is -0.376 e. The first-order chi connectivity index (χ1) is 14.7. The first-order valence-corrected chi connectivity index (χ1v) is 10.6. The highest BCUT2D eigenvalue weighted by Gasteiger charge is 2.40. The van der Waals surface area contributed by atoms with Crippen LogP contribution in [0.25, 0.3) is 5.69 Å². The van der Waals surface area contributed by atoms with Crippen molar-refractivity contribution in [2.75, 3.05) is 6.61 Å². The van der Waals surface area contributed by atoms with E-state index in [1.54, 1.807) is 24.3 Å². The van der Waals surface area contributed by atoms with E-state index in [0.29, 0.717) is 46.3 Å². The molecular formula is C21H21F3N4O2S. The third kappa shape index (κ3) is 3.97. The molecule has 0 radical (unpaired) electrons. The Kier molecular flexibility index (Phi) is 5.61. The van der Waals surface area contributed by atoms with Gasteiger partial charge in [0.25, 0.3) is 0 Å². The van der Waals surface area contributed by atoms with Crippen LogP contribution in [-0.2, 0) is 30.5 Å². The lowest BCUT2D eigenvalue weighted by atomic mass is 10.1. The molecule has 0 aliphatic carbocycles. The van der Waals surface area contributed by atoms with Gasteiger partial charge in [0.05, 0.1) is 35.2 Å². The number of ketones is 1. The standard InChI is InChI=1S/C21H21F3N4O2S/c1-4-27-12(2)18(13(3)29)31-20(27)25-14-5-7-15(8-6-14)28-17-9-10-30-11-16(17)19(26-28)21(22,23)24/h5-8H,4,9-11H2,1-3H3. The minimum atomic E-state index is -4.54. The predicted octanol–water partition coefficient (Wildman–Crippen LogP) is 4.59. The van der Waals surface area contributed by atoms with Gasteiger partial charge in [-0.3, -0.25) is 4.79 Å². The second-order valence-corrected chi connectivity index (χ2v) is 8.19. The van der Waals surface area contributed by atoms with Gasteiger partial charge in [0.15, 0.2) is 16.3 Å². The van der Waals surface area contributed by atoms with Crippen molar-refractivity contribution >= 4 is 22.8 Å². The lowest BCUT2D eigenvalue weighted by Gasteiger charge is -2.15. The summed E-state index contributed by atoms with van der Waals surface area (Å²) in [6.07, 6.45) is -4.17. The fraction of sp³-hybridized carbons (Fsp3) is 0.381. The van der Waals surface area contributed by atoms with Gasteiger partial charge in [0.1, 0.15) is 0 Å². The highest BCUT2D eigenvalue weighted by molar-refractivity contribution is 7.11. The number of Topliss-reactive ketones (excluding diaryl/α,β-unsaturated/α-hetero) is 1. The molecule has 0 atom stereocenters. The molecule has 0 spiro atoms. The van der Waals surface area contributed by atoms with Crippen LogP contribution in [0.4, 0.5) is 18.9 Å². The van der Waals surface area contributed by atoms with Gasteiger partial charge >= 0.3 is 6.18 Å². The third-order valence-electron chi connectivity index (χ3n) is 5.20. The fourth-order valence-electron chi connectivity index (χ4n) is 3.73. The van der Waals surface area contributed by atoms with Crippen molar-refractivity contribution in [3.05, 3.63) is 56.6 Å². The second-order valence-electron chi connectivity index (χ2n) is 7.21. The molecule has 3 aromatic rings. The monoisotopic (exact) mass is 450 g/mol. The summed E-state index contributed by atoms with van der Waals surface area (Å²) in [6, 6.07) is 6.87. The van der Waals surface area contributed by atoms with Crippen molar-refractivity contribution in [3.8, 4) is 5.69 Å². The topological polar surface area (TPSA) is 61.4 Å². The maximum Gasteiger partial charge on any atom is 0.435 e. The largest absolute Gasteiger partial charge is 0.435 e. The van der Waals surface area contributed by atoms with Crippen LogP contribution in [-0.4, -0.2) is 26.7 Å². The van der Waals surface area contributed by atoms with Crippen molar-refractivity contribution in [1.82, 2.24) is 14.3 Å². The number of rotatable bonds is 4. The molecule has 0 amide bonds. The number of benzene rings is 1. The average Bonchev–Trinajstić information content (AvgIpc) is 3.26. The van der Waals surface area contributed by atoms with Gasteiger partial charge in [-0.15, -0.1) is 0 Å². The molecule has 2 aromatic heterocycles. The third-order valence-corrected chi connectivity index (χ3v) is 6.48. The highest BCUT2D eigenvalue weighted by atomic mass is 32.1. The SMILES string of the molecule is CCn1c(C)c(C(C)=O)sc1=Nc1ccc(-n2nc(C(F)(F)F)c3c2CCOC3)cc1. The first kappa shape index (κ1) is 21.5. The van der Waals surface area contributed by atoms with E-state index >= 15 is 0 Å². The molecule has 1 aromatic carbocycles.